The Morgan fingerprint density at radius 1 is 1.00 bits per heavy atom. The Morgan fingerprint density at radius 2 is 1.70 bits per heavy atom. The molecule has 3 N–H and O–H groups in total. The van der Waals surface area contributed by atoms with Gasteiger partial charge in [0.05, 0.1) is 11.4 Å². The first kappa shape index (κ1) is 23.4. The van der Waals surface area contributed by atoms with Crippen LogP contribution in [0.15, 0.2) is 47.4 Å². The number of halogens is 1. The van der Waals surface area contributed by atoms with Gasteiger partial charge in [-0.25, -0.2) is 8.42 Å². The lowest BCUT2D eigenvalue weighted by Gasteiger charge is -2.33. The zero-order valence-electron chi connectivity index (χ0n) is 18.5. The third kappa shape index (κ3) is 5.59. The van der Waals surface area contributed by atoms with Gasteiger partial charge in [-0.2, -0.15) is 19.3 Å². The average Bonchev–Trinajstić information content (AvgIpc) is 2.75. The maximum Gasteiger partial charge on any atom is 0.243 e. The van der Waals surface area contributed by atoms with Crippen LogP contribution in [0.4, 0.5) is 17.6 Å². The summed E-state index contributed by atoms with van der Waals surface area (Å²) < 4.78 is 27.8. The van der Waals surface area contributed by atoms with Gasteiger partial charge in [0.1, 0.15) is 5.82 Å². The molecule has 0 unspecified atom stereocenters. The molecule has 174 valence electrons. The summed E-state index contributed by atoms with van der Waals surface area (Å²) in [5.41, 5.74) is 8.46. The van der Waals surface area contributed by atoms with Crippen LogP contribution in [-0.4, -0.2) is 58.8 Å². The van der Waals surface area contributed by atoms with Gasteiger partial charge < -0.3 is 11.1 Å². The highest BCUT2D eigenvalue weighted by atomic mass is 35.5. The van der Waals surface area contributed by atoms with E-state index in [9.17, 15) is 8.42 Å². The smallest absolute Gasteiger partial charge is 0.243 e. The van der Waals surface area contributed by atoms with E-state index in [-0.39, 0.29) is 5.95 Å². The Bertz CT molecular complexity index is 1240. The first-order valence-electron chi connectivity index (χ1n) is 10.5. The summed E-state index contributed by atoms with van der Waals surface area (Å²) in [7, 11) is -3.53. The highest BCUT2D eigenvalue weighted by Crippen LogP contribution is 2.23. The second-order valence-corrected chi connectivity index (χ2v) is 10.4. The number of anilines is 3. The molecule has 1 aromatic heterocycles. The third-order valence-electron chi connectivity index (χ3n) is 5.44. The third-order valence-corrected chi connectivity index (χ3v) is 7.75. The molecule has 2 heterocycles. The molecular formula is C22H26ClN7O2S. The maximum absolute atomic E-state index is 13.1. The van der Waals surface area contributed by atoms with Gasteiger partial charge in [0.15, 0.2) is 0 Å². The van der Waals surface area contributed by atoms with Crippen molar-refractivity contribution >= 4 is 39.2 Å². The lowest BCUT2D eigenvalue weighted by molar-refractivity contribution is 0.178. The molecule has 1 fully saturated rings. The van der Waals surface area contributed by atoms with Crippen molar-refractivity contribution in [2.24, 2.45) is 0 Å². The Morgan fingerprint density at radius 3 is 2.36 bits per heavy atom. The van der Waals surface area contributed by atoms with Gasteiger partial charge in [0.2, 0.25) is 21.9 Å². The molecule has 2 aromatic carbocycles. The van der Waals surface area contributed by atoms with Crippen LogP contribution in [0.2, 0.25) is 5.02 Å². The van der Waals surface area contributed by atoms with Crippen molar-refractivity contribution in [1.29, 1.82) is 0 Å². The number of nitrogen functional groups attached to an aromatic ring is 1. The number of aromatic nitrogens is 3. The zero-order chi connectivity index (χ0) is 23.6. The molecule has 33 heavy (non-hydrogen) atoms. The summed E-state index contributed by atoms with van der Waals surface area (Å²) in [6.07, 6.45) is 0. The number of aryl methyl sites for hydroxylation is 2. The van der Waals surface area contributed by atoms with Gasteiger partial charge in [-0.15, -0.1) is 0 Å². The number of nitrogens with zero attached hydrogens (tertiary/aromatic N) is 5. The fourth-order valence-corrected chi connectivity index (χ4v) is 5.54. The predicted molar refractivity (Wildman–Crippen MR) is 129 cm³/mol. The molecule has 0 aliphatic carbocycles. The van der Waals surface area contributed by atoms with Crippen LogP contribution in [0.1, 0.15) is 17.0 Å². The van der Waals surface area contributed by atoms with E-state index < -0.39 is 10.0 Å². The van der Waals surface area contributed by atoms with Crippen molar-refractivity contribution in [2.45, 2.75) is 25.3 Å². The molecule has 1 aliphatic heterocycles. The molecule has 0 atom stereocenters. The fourth-order valence-electron chi connectivity index (χ4n) is 3.78. The van der Waals surface area contributed by atoms with Gasteiger partial charge in [-0.3, -0.25) is 4.90 Å². The van der Waals surface area contributed by atoms with Crippen LogP contribution in [0.5, 0.6) is 0 Å². The fraction of sp³-hybridized carbons (Fsp3) is 0.318. The second kappa shape index (κ2) is 9.60. The van der Waals surface area contributed by atoms with Gasteiger partial charge >= 0.3 is 0 Å². The monoisotopic (exact) mass is 487 g/mol. The molecule has 4 rings (SSSR count). The van der Waals surface area contributed by atoms with E-state index >= 15 is 0 Å². The molecule has 0 spiro atoms. The lowest BCUT2D eigenvalue weighted by atomic mass is 10.2. The summed E-state index contributed by atoms with van der Waals surface area (Å²) in [5, 5.41) is 3.73. The highest BCUT2D eigenvalue weighted by molar-refractivity contribution is 7.89. The van der Waals surface area contributed by atoms with Crippen LogP contribution in [0.25, 0.3) is 0 Å². The number of benzene rings is 2. The van der Waals surface area contributed by atoms with Crippen molar-refractivity contribution in [3.05, 3.63) is 64.4 Å². The van der Waals surface area contributed by atoms with Crippen LogP contribution in [0.3, 0.4) is 0 Å². The Kier molecular flexibility index (Phi) is 6.80. The molecule has 1 saturated heterocycles. The number of nitrogens with one attached hydrogen (secondary N) is 1. The number of hydrogen-bond donors (Lipinski definition) is 2. The molecule has 9 nitrogen and oxygen atoms in total. The van der Waals surface area contributed by atoms with Crippen molar-refractivity contribution < 1.29 is 8.42 Å². The van der Waals surface area contributed by atoms with Crippen LogP contribution >= 0.6 is 11.6 Å². The number of sulfonamides is 1. The van der Waals surface area contributed by atoms with E-state index in [1.807, 2.05) is 38.1 Å². The molecule has 0 bridgehead atoms. The number of nitrogens with two attached hydrogens (primary N) is 1. The van der Waals surface area contributed by atoms with E-state index in [2.05, 4.69) is 25.2 Å². The minimum atomic E-state index is -3.53. The van der Waals surface area contributed by atoms with E-state index in [1.54, 1.807) is 18.2 Å². The summed E-state index contributed by atoms with van der Waals surface area (Å²) in [5.74, 6) is 0.980. The molecule has 11 heteroatoms. The summed E-state index contributed by atoms with van der Waals surface area (Å²) in [6, 6.07) is 12.6. The molecule has 1 aliphatic rings. The van der Waals surface area contributed by atoms with Crippen LogP contribution in [0, 0.1) is 13.8 Å². The summed E-state index contributed by atoms with van der Waals surface area (Å²) in [6.45, 7) is 6.15. The van der Waals surface area contributed by atoms with Crippen molar-refractivity contribution in [1.82, 2.24) is 24.2 Å². The first-order chi connectivity index (χ1) is 15.7. The van der Waals surface area contributed by atoms with Crippen molar-refractivity contribution in [2.75, 3.05) is 37.2 Å². The normalized spacial score (nSPS) is 15.5. The predicted octanol–water partition coefficient (Wildman–Crippen LogP) is 2.97. The SMILES string of the molecule is Cc1ccc(S(=O)(=O)N2CCN(Cc3nc(N)nc(Nc4ccc(Cl)cc4)n3)CC2)c(C)c1. The lowest BCUT2D eigenvalue weighted by Crippen LogP contribution is -2.48. The Balaban J connectivity index is 1.40. The summed E-state index contributed by atoms with van der Waals surface area (Å²) in [4.78, 5) is 15.3. The molecule has 0 radical (unpaired) electrons. The van der Waals surface area contributed by atoms with Gasteiger partial charge in [-0.1, -0.05) is 29.3 Å². The van der Waals surface area contributed by atoms with Crippen LogP contribution in [-0.2, 0) is 16.6 Å². The Labute approximate surface area is 198 Å². The number of hydrogen-bond acceptors (Lipinski definition) is 8. The van der Waals surface area contributed by atoms with Crippen LogP contribution < -0.4 is 11.1 Å². The van der Waals surface area contributed by atoms with E-state index in [0.29, 0.717) is 54.4 Å². The van der Waals surface area contributed by atoms with Crippen molar-refractivity contribution in [3.63, 3.8) is 0 Å². The van der Waals surface area contributed by atoms with E-state index in [0.717, 1.165) is 16.8 Å². The van der Waals surface area contributed by atoms with E-state index in [4.69, 9.17) is 17.3 Å². The van der Waals surface area contributed by atoms with Gasteiger partial charge in [0, 0.05) is 36.9 Å². The van der Waals surface area contributed by atoms with Gasteiger partial charge in [-0.05, 0) is 49.7 Å². The topological polar surface area (TPSA) is 117 Å². The number of piperazine rings is 1. The quantitative estimate of drug-likeness (QED) is 0.545. The summed E-state index contributed by atoms with van der Waals surface area (Å²) >= 11 is 5.92. The molecule has 0 saturated carbocycles. The first-order valence-corrected chi connectivity index (χ1v) is 12.4. The molecular weight excluding hydrogens is 462 g/mol. The minimum Gasteiger partial charge on any atom is -0.368 e. The second-order valence-electron chi connectivity index (χ2n) is 8.01. The molecule has 3 aromatic rings. The minimum absolute atomic E-state index is 0.118. The largest absolute Gasteiger partial charge is 0.368 e. The Hall–Kier alpha value is -2.79. The van der Waals surface area contributed by atoms with Gasteiger partial charge in [0.25, 0.3) is 0 Å². The average molecular weight is 488 g/mol. The highest BCUT2D eigenvalue weighted by Gasteiger charge is 2.29. The van der Waals surface area contributed by atoms with Crippen molar-refractivity contribution in [3.8, 4) is 0 Å². The van der Waals surface area contributed by atoms with E-state index in [1.165, 1.54) is 4.31 Å². The molecule has 0 amide bonds. The standard InChI is InChI=1S/C22H26ClN7O2S/c1-15-3-8-19(16(2)13-15)33(31,32)30-11-9-29(10-12-30)14-20-26-21(24)28-22(27-20)25-18-6-4-17(23)5-7-18/h3-8,13H,9-12,14H2,1-2H3,(H3,24,25,26,27,28). The number of rotatable bonds is 6. The zero-order valence-corrected chi connectivity index (χ0v) is 20.1. The maximum atomic E-state index is 13.1.